The number of amides is 2. The molecule has 98 valence electrons. The molecule has 0 bridgehead atoms. The molecule has 2 rings (SSSR count). The van der Waals surface area contributed by atoms with Crippen molar-refractivity contribution in [3.05, 3.63) is 11.9 Å². The lowest BCUT2D eigenvalue weighted by Crippen LogP contribution is -2.50. The summed E-state index contributed by atoms with van der Waals surface area (Å²) in [6.07, 6.45) is 1.55. The van der Waals surface area contributed by atoms with Crippen molar-refractivity contribution < 1.29 is 9.59 Å². The molecule has 0 aliphatic carbocycles. The molecular formula is C10H16N6O2. The molecule has 2 heterocycles. The van der Waals surface area contributed by atoms with E-state index >= 15 is 0 Å². The molecule has 0 radical (unpaired) electrons. The van der Waals surface area contributed by atoms with Crippen LogP contribution in [0.15, 0.2) is 6.20 Å². The van der Waals surface area contributed by atoms with Crippen LogP contribution >= 0.6 is 0 Å². The van der Waals surface area contributed by atoms with Gasteiger partial charge in [-0.25, -0.2) is 0 Å². The molecule has 0 unspecified atom stereocenters. The number of nitrogens with zero attached hydrogens (tertiary/aromatic N) is 5. The SMILES string of the molecule is CN1CCN(C(=O)c2cn(CCN)nn2)CC1=O. The lowest BCUT2D eigenvalue weighted by Gasteiger charge is -2.31. The Morgan fingerprint density at radius 2 is 2.28 bits per heavy atom. The Labute approximate surface area is 104 Å². The van der Waals surface area contributed by atoms with E-state index in [-0.39, 0.29) is 24.1 Å². The fourth-order valence-electron chi connectivity index (χ4n) is 1.73. The lowest BCUT2D eigenvalue weighted by molar-refractivity contribution is -0.133. The Balaban J connectivity index is 2.04. The van der Waals surface area contributed by atoms with Crippen LogP contribution in [0.1, 0.15) is 10.5 Å². The summed E-state index contributed by atoms with van der Waals surface area (Å²) < 4.78 is 1.52. The van der Waals surface area contributed by atoms with Gasteiger partial charge in [-0.2, -0.15) is 0 Å². The van der Waals surface area contributed by atoms with E-state index in [2.05, 4.69) is 10.3 Å². The number of hydrogen-bond donors (Lipinski definition) is 1. The van der Waals surface area contributed by atoms with Gasteiger partial charge >= 0.3 is 0 Å². The maximum Gasteiger partial charge on any atom is 0.276 e. The molecule has 8 heteroatoms. The molecule has 0 atom stereocenters. The zero-order valence-corrected chi connectivity index (χ0v) is 10.2. The highest BCUT2D eigenvalue weighted by Crippen LogP contribution is 2.06. The van der Waals surface area contributed by atoms with Crippen molar-refractivity contribution in [2.24, 2.45) is 5.73 Å². The molecule has 1 aliphatic heterocycles. The first kappa shape index (κ1) is 12.5. The lowest BCUT2D eigenvalue weighted by atomic mass is 10.3. The van der Waals surface area contributed by atoms with Crippen molar-refractivity contribution in [3.8, 4) is 0 Å². The first-order valence-electron chi connectivity index (χ1n) is 5.75. The first-order chi connectivity index (χ1) is 8.61. The zero-order chi connectivity index (χ0) is 13.1. The number of hydrogen-bond acceptors (Lipinski definition) is 5. The second-order valence-corrected chi connectivity index (χ2v) is 4.20. The summed E-state index contributed by atoms with van der Waals surface area (Å²) in [6, 6.07) is 0. The minimum atomic E-state index is -0.264. The van der Waals surface area contributed by atoms with Crippen LogP contribution in [-0.2, 0) is 11.3 Å². The monoisotopic (exact) mass is 252 g/mol. The van der Waals surface area contributed by atoms with Gasteiger partial charge in [-0.3, -0.25) is 14.3 Å². The largest absolute Gasteiger partial charge is 0.342 e. The van der Waals surface area contributed by atoms with Gasteiger partial charge in [0.15, 0.2) is 5.69 Å². The number of nitrogens with two attached hydrogens (primary N) is 1. The minimum absolute atomic E-state index is 0.0658. The van der Waals surface area contributed by atoms with Crippen molar-refractivity contribution >= 4 is 11.8 Å². The van der Waals surface area contributed by atoms with Crippen LogP contribution in [0.3, 0.4) is 0 Å². The van der Waals surface area contributed by atoms with Gasteiger partial charge in [0.2, 0.25) is 5.91 Å². The van der Waals surface area contributed by atoms with Crippen molar-refractivity contribution in [2.45, 2.75) is 6.54 Å². The highest BCUT2D eigenvalue weighted by molar-refractivity contribution is 5.95. The van der Waals surface area contributed by atoms with Crippen LogP contribution in [0, 0.1) is 0 Å². The van der Waals surface area contributed by atoms with Gasteiger partial charge in [-0.05, 0) is 0 Å². The van der Waals surface area contributed by atoms with E-state index in [1.807, 2.05) is 0 Å². The van der Waals surface area contributed by atoms with Gasteiger partial charge < -0.3 is 15.5 Å². The normalized spacial score (nSPS) is 16.2. The molecule has 0 aromatic carbocycles. The topological polar surface area (TPSA) is 97.3 Å². The molecule has 8 nitrogen and oxygen atoms in total. The maximum atomic E-state index is 12.1. The second-order valence-electron chi connectivity index (χ2n) is 4.20. The Bertz CT molecular complexity index is 457. The number of likely N-dealkylation sites (N-methyl/N-ethyl adjacent to an activating group) is 1. The van der Waals surface area contributed by atoms with Crippen LogP contribution < -0.4 is 5.73 Å². The molecule has 1 saturated heterocycles. The van der Waals surface area contributed by atoms with E-state index in [1.54, 1.807) is 18.1 Å². The van der Waals surface area contributed by atoms with E-state index in [0.29, 0.717) is 26.2 Å². The number of aromatic nitrogens is 3. The van der Waals surface area contributed by atoms with Crippen LogP contribution in [-0.4, -0.2) is 69.8 Å². The molecule has 18 heavy (non-hydrogen) atoms. The van der Waals surface area contributed by atoms with Gasteiger partial charge in [0.05, 0.1) is 12.7 Å². The summed E-state index contributed by atoms with van der Waals surface area (Å²) in [5.74, 6) is -0.330. The number of carbonyl (C=O) groups excluding carboxylic acids is 2. The van der Waals surface area contributed by atoms with Crippen molar-refractivity contribution in [3.63, 3.8) is 0 Å². The summed E-state index contributed by atoms with van der Waals surface area (Å²) in [4.78, 5) is 26.7. The third-order valence-electron chi connectivity index (χ3n) is 2.86. The average Bonchev–Trinajstić information content (AvgIpc) is 2.81. The van der Waals surface area contributed by atoms with E-state index in [9.17, 15) is 9.59 Å². The quantitative estimate of drug-likeness (QED) is 0.681. The number of carbonyl (C=O) groups is 2. The molecule has 2 N–H and O–H groups in total. The Morgan fingerprint density at radius 1 is 1.50 bits per heavy atom. The van der Waals surface area contributed by atoms with Gasteiger partial charge in [0, 0.05) is 26.7 Å². The molecule has 2 amide bonds. The van der Waals surface area contributed by atoms with Gasteiger partial charge in [-0.15, -0.1) is 5.10 Å². The van der Waals surface area contributed by atoms with Gasteiger partial charge in [0.25, 0.3) is 5.91 Å². The standard InChI is InChI=1S/C10H16N6O2/c1-14-4-5-15(7-9(14)17)10(18)8-6-16(3-2-11)13-12-8/h6H,2-5,7,11H2,1H3. The van der Waals surface area contributed by atoms with Crippen molar-refractivity contribution in [2.75, 3.05) is 33.2 Å². The highest BCUT2D eigenvalue weighted by atomic mass is 16.2. The molecule has 1 fully saturated rings. The van der Waals surface area contributed by atoms with E-state index in [4.69, 9.17) is 5.73 Å². The Hall–Kier alpha value is -1.96. The molecule has 0 spiro atoms. The summed E-state index contributed by atoms with van der Waals surface area (Å²) in [5.41, 5.74) is 5.64. The van der Waals surface area contributed by atoms with Crippen LogP contribution in [0.25, 0.3) is 0 Å². The molecular weight excluding hydrogens is 236 g/mol. The van der Waals surface area contributed by atoms with Crippen molar-refractivity contribution in [1.82, 2.24) is 24.8 Å². The van der Waals surface area contributed by atoms with E-state index in [1.165, 1.54) is 9.58 Å². The third-order valence-corrected chi connectivity index (χ3v) is 2.86. The summed E-state index contributed by atoms with van der Waals surface area (Å²) in [6.45, 7) is 2.11. The highest BCUT2D eigenvalue weighted by Gasteiger charge is 2.27. The summed E-state index contributed by atoms with van der Waals surface area (Å²) >= 11 is 0. The molecule has 1 aromatic rings. The van der Waals surface area contributed by atoms with E-state index in [0.717, 1.165) is 0 Å². The van der Waals surface area contributed by atoms with Crippen molar-refractivity contribution in [1.29, 1.82) is 0 Å². The Morgan fingerprint density at radius 3 is 2.94 bits per heavy atom. The fraction of sp³-hybridized carbons (Fsp3) is 0.600. The molecule has 1 aromatic heterocycles. The first-order valence-corrected chi connectivity index (χ1v) is 5.75. The minimum Gasteiger partial charge on any atom is -0.342 e. The van der Waals surface area contributed by atoms with Gasteiger partial charge in [-0.1, -0.05) is 5.21 Å². The molecule has 1 aliphatic rings. The van der Waals surface area contributed by atoms with Crippen LogP contribution in [0.4, 0.5) is 0 Å². The second kappa shape index (κ2) is 5.13. The fourth-order valence-corrected chi connectivity index (χ4v) is 1.73. The number of piperazine rings is 1. The van der Waals surface area contributed by atoms with E-state index < -0.39 is 0 Å². The average molecular weight is 252 g/mol. The zero-order valence-electron chi connectivity index (χ0n) is 10.2. The summed E-state index contributed by atoms with van der Waals surface area (Å²) in [7, 11) is 1.72. The summed E-state index contributed by atoms with van der Waals surface area (Å²) in [5, 5.41) is 7.59. The smallest absolute Gasteiger partial charge is 0.276 e. The maximum absolute atomic E-state index is 12.1. The predicted octanol–water partition coefficient (Wildman–Crippen LogP) is -1.85. The van der Waals surface area contributed by atoms with Crippen LogP contribution in [0.5, 0.6) is 0 Å². The molecule has 0 saturated carbocycles. The third kappa shape index (κ3) is 2.48. The predicted molar refractivity (Wildman–Crippen MR) is 62.6 cm³/mol. The van der Waals surface area contributed by atoms with Crippen LogP contribution in [0.2, 0.25) is 0 Å². The number of rotatable bonds is 3. The Kier molecular flexibility index (Phi) is 3.56. The van der Waals surface area contributed by atoms with Gasteiger partial charge in [0.1, 0.15) is 6.54 Å².